The minimum atomic E-state index is -0.0220. The first kappa shape index (κ1) is 17.0. The Kier molecular flexibility index (Phi) is 5.97. The highest BCUT2D eigenvalue weighted by Crippen LogP contribution is 2.42. The molecule has 1 aromatic carbocycles. The van der Waals surface area contributed by atoms with Gasteiger partial charge < -0.3 is 19.3 Å². The smallest absolute Gasteiger partial charge is 0.224 e. The lowest BCUT2D eigenvalue weighted by Crippen LogP contribution is -2.41. The van der Waals surface area contributed by atoms with Gasteiger partial charge in [-0.15, -0.1) is 11.8 Å². The summed E-state index contributed by atoms with van der Waals surface area (Å²) in [6.07, 6.45) is 0.598. The summed E-state index contributed by atoms with van der Waals surface area (Å²) in [5.74, 6) is 2.61. The molecule has 6 heteroatoms. The maximum Gasteiger partial charge on any atom is 0.224 e. The summed E-state index contributed by atoms with van der Waals surface area (Å²) in [4.78, 5) is 16.4. The van der Waals surface area contributed by atoms with E-state index in [1.165, 1.54) is 0 Å². The number of thioether (sulfide) groups is 1. The lowest BCUT2D eigenvalue weighted by molar-refractivity contribution is -0.132. The van der Waals surface area contributed by atoms with Crippen LogP contribution in [-0.2, 0) is 4.79 Å². The van der Waals surface area contributed by atoms with Crippen molar-refractivity contribution in [2.75, 3.05) is 47.2 Å². The normalized spacial score (nSPS) is 18.7. The molecule has 1 amide bonds. The molecule has 1 aromatic rings. The molecule has 22 heavy (non-hydrogen) atoms. The third-order valence-corrected chi connectivity index (χ3v) is 4.95. The second-order valence-electron chi connectivity index (χ2n) is 5.47. The van der Waals surface area contributed by atoms with Gasteiger partial charge in [0.05, 0.1) is 14.2 Å². The summed E-state index contributed by atoms with van der Waals surface area (Å²) < 4.78 is 10.8. The Labute approximate surface area is 136 Å². The number of carbonyl (C=O) groups excluding carboxylic acids is 1. The number of amides is 1. The van der Waals surface area contributed by atoms with Gasteiger partial charge in [-0.3, -0.25) is 4.79 Å². The fourth-order valence-corrected chi connectivity index (χ4v) is 3.74. The minimum Gasteiger partial charge on any atom is -0.497 e. The summed E-state index contributed by atoms with van der Waals surface area (Å²) in [6.45, 7) is 1.55. The fourth-order valence-electron chi connectivity index (χ4n) is 2.46. The fraction of sp³-hybridized carbons (Fsp3) is 0.562. The molecule has 1 aliphatic heterocycles. The highest BCUT2D eigenvalue weighted by molar-refractivity contribution is 7.99. The van der Waals surface area contributed by atoms with Gasteiger partial charge in [0.1, 0.15) is 16.9 Å². The van der Waals surface area contributed by atoms with Crippen LogP contribution < -0.4 is 9.47 Å². The van der Waals surface area contributed by atoms with Crippen molar-refractivity contribution in [1.82, 2.24) is 9.80 Å². The predicted molar refractivity (Wildman–Crippen MR) is 89.6 cm³/mol. The number of ether oxygens (including phenoxy) is 2. The van der Waals surface area contributed by atoms with E-state index in [4.69, 9.17) is 9.47 Å². The lowest BCUT2D eigenvalue weighted by atomic mass is 10.1. The van der Waals surface area contributed by atoms with E-state index in [1.807, 2.05) is 37.2 Å². The molecule has 0 radical (unpaired) electrons. The molecular weight excluding hydrogens is 300 g/mol. The monoisotopic (exact) mass is 324 g/mol. The van der Waals surface area contributed by atoms with Gasteiger partial charge in [0, 0.05) is 30.8 Å². The minimum absolute atomic E-state index is 0.0220. The SMILES string of the molecule is COc1ccc(OC)c(C2SCCC(=O)N2CCN(C)C)c1. The van der Waals surface area contributed by atoms with Crippen LogP contribution in [-0.4, -0.2) is 62.9 Å². The van der Waals surface area contributed by atoms with E-state index in [0.29, 0.717) is 13.0 Å². The van der Waals surface area contributed by atoms with E-state index in [9.17, 15) is 4.79 Å². The molecule has 1 atom stereocenters. The van der Waals surface area contributed by atoms with Crippen LogP contribution in [0.1, 0.15) is 17.4 Å². The Morgan fingerprint density at radius 3 is 2.73 bits per heavy atom. The van der Waals surface area contributed by atoms with E-state index in [0.717, 1.165) is 29.4 Å². The zero-order chi connectivity index (χ0) is 16.1. The van der Waals surface area contributed by atoms with Crippen LogP contribution in [0.25, 0.3) is 0 Å². The average molecular weight is 324 g/mol. The molecule has 1 fully saturated rings. The second kappa shape index (κ2) is 7.74. The number of hydrogen-bond acceptors (Lipinski definition) is 5. The number of rotatable bonds is 6. The van der Waals surface area contributed by atoms with E-state index < -0.39 is 0 Å². The van der Waals surface area contributed by atoms with Gasteiger partial charge >= 0.3 is 0 Å². The third kappa shape index (κ3) is 3.87. The van der Waals surface area contributed by atoms with Crippen molar-refractivity contribution < 1.29 is 14.3 Å². The molecule has 0 saturated carbocycles. The van der Waals surface area contributed by atoms with Gasteiger partial charge in [0.15, 0.2) is 0 Å². The molecule has 2 rings (SSSR count). The maximum atomic E-state index is 12.4. The van der Waals surface area contributed by atoms with E-state index in [2.05, 4.69) is 4.90 Å². The molecule has 1 aliphatic rings. The topological polar surface area (TPSA) is 42.0 Å². The van der Waals surface area contributed by atoms with Crippen molar-refractivity contribution in [2.24, 2.45) is 0 Å². The zero-order valence-corrected chi connectivity index (χ0v) is 14.5. The Morgan fingerprint density at radius 1 is 1.32 bits per heavy atom. The highest BCUT2D eigenvalue weighted by atomic mass is 32.2. The standard InChI is InChI=1S/C16H24N2O3S/c1-17(2)8-9-18-15(19)7-10-22-16(18)13-11-12(20-3)5-6-14(13)21-4/h5-6,11,16H,7-10H2,1-4H3. The molecule has 0 bridgehead atoms. The van der Waals surface area contributed by atoms with Crippen molar-refractivity contribution in [3.8, 4) is 11.5 Å². The second-order valence-corrected chi connectivity index (χ2v) is 6.66. The van der Waals surface area contributed by atoms with Crippen molar-refractivity contribution in [1.29, 1.82) is 0 Å². The molecule has 1 unspecified atom stereocenters. The molecule has 122 valence electrons. The zero-order valence-electron chi connectivity index (χ0n) is 13.7. The summed E-state index contributed by atoms with van der Waals surface area (Å²) >= 11 is 1.78. The number of carbonyl (C=O) groups is 1. The number of nitrogens with zero attached hydrogens (tertiary/aromatic N) is 2. The van der Waals surface area contributed by atoms with Crippen molar-refractivity contribution in [3.63, 3.8) is 0 Å². The summed E-state index contributed by atoms with van der Waals surface area (Å²) in [5.41, 5.74) is 0.999. The first-order valence-corrected chi connectivity index (χ1v) is 8.39. The highest BCUT2D eigenvalue weighted by Gasteiger charge is 2.31. The Bertz CT molecular complexity index is 522. The van der Waals surface area contributed by atoms with E-state index >= 15 is 0 Å². The molecule has 0 N–H and O–H groups in total. The first-order valence-electron chi connectivity index (χ1n) is 7.34. The largest absolute Gasteiger partial charge is 0.497 e. The summed E-state index contributed by atoms with van der Waals surface area (Å²) in [5, 5.41) is -0.0220. The number of hydrogen-bond donors (Lipinski definition) is 0. The van der Waals surface area contributed by atoms with Crippen molar-refractivity contribution in [2.45, 2.75) is 11.8 Å². The number of likely N-dealkylation sites (N-methyl/N-ethyl adjacent to an activating group) is 1. The van der Waals surface area contributed by atoms with Crippen LogP contribution in [0.15, 0.2) is 18.2 Å². The number of benzene rings is 1. The molecule has 0 aliphatic carbocycles. The predicted octanol–water partition coefficient (Wildman–Crippen LogP) is 2.23. The summed E-state index contributed by atoms with van der Waals surface area (Å²) in [7, 11) is 7.34. The maximum absolute atomic E-state index is 12.4. The van der Waals surface area contributed by atoms with Gasteiger partial charge in [0.25, 0.3) is 0 Å². The van der Waals surface area contributed by atoms with Crippen LogP contribution in [0.4, 0.5) is 0 Å². The van der Waals surface area contributed by atoms with Crippen LogP contribution in [0.3, 0.4) is 0 Å². The van der Waals surface area contributed by atoms with E-state index in [1.54, 1.807) is 26.0 Å². The van der Waals surface area contributed by atoms with Crippen molar-refractivity contribution in [3.05, 3.63) is 23.8 Å². The molecule has 1 saturated heterocycles. The quantitative estimate of drug-likeness (QED) is 0.803. The van der Waals surface area contributed by atoms with Gasteiger partial charge in [-0.1, -0.05) is 0 Å². The molecule has 1 heterocycles. The van der Waals surface area contributed by atoms with E-state index in [-0.39, 0.29) is 11.3 Å². The Morgan fingerprint density at radius 2 is 2.09 bits per heavy atom. The van der Waals surface area contributed by atoms with Gasteiger partial charge in [0.2, 0.25) is 5.91 Å². The van der Waals surface area contributed by atoms with Crippen LogP contribution in [0.5, 0.6) is 11.5 Å². The molecule has 0 aromatic heterocycles. The van der Waals surface area contributed by atoms with Gasteiger partial charge in [-0.2, -0.15) is 0 Å². The van der Waals surface area contributed by atoms with Crippen LogP contribution >= 0.6 is 11.8 Å². The van der Waals surface area contributed by atoms with Gasteiger partial charge in [-0.05, 0) is 32.3 Å². The Balaban J connectivity index is 2.31. The lowest BCUT2D eigenvalue weighted by Gasteiger charge is -2.36. The van der Waals surface area contributed by atoms with Gasteiger partial charge in [-0.25, -0.2) is 0 Å². The first-order chi connectivity index (χ1) is 10.6. The number of methoxy groups -OCH3 is 2. The summed E-state index contributed by atoms with van der Waals surface area (Å²) in [6, 6.07) is 5.75. The molecular formula is C16H24N2O3S. The van der Waals surface area contributed by atoms with Crippen LogP contribution in [0.2, 0.25) is 0 Å². The van der Waals surface area contributed by atoms with Crippen molar-refractivity contribution >= 4 is 17.7 Å². The van der Waals surface area contributed by atoms with Crippen LogP contribution in [0, 0.1) is 0 Å². The third-order valence-electron chi connectivity index (χ3n) is 3.69. The molecule has 5 nitrogen and oxygen atoms in total. The Hall–Kier alpha value is -1.40. The average Bonchev–Trinajstić information content (AvgIpc) is 2.52. The molecule has 0 spiro atoms.